The van der Waals surface area contributed by atoms with Crippen molar-refractivity contribution in [3.63, 3.8) is 0 Å². The number of carbonyl (C=O) groups is 1. The molecule has 1 amide bonds. The maximum Gasteiger partial charge on any atom is 0.251 e. The van der Waals surface area contributed by atoms with Gasteiger partial charge in [0.1, 0.15) is 0 Å². The number of halogens is 1. The highest BCUT2D eigenvalue weighted by atomic mass is 79.9. The molecule has 1 heterocycles. The van der Waals surface area contributed by atoms with Gasteiger partial charge in [0.05, 0.1) is 30.8 Å². The van der Waals surface area contributed by atoms with Crippen molar-refractivity contribution in [3.05, 3.63) is 28.2 Å². The Morgan fingerprint density at radius 3 is 2.67 bits per heavy atom. The van der Waals surface area contributed by atoms with Crippen molar-refractivity contribution in [2.45, 2.75) is 24.3 Å². The van der Waals surface area contributed by atoms with Gasteiger partial charge < -0.3 is 15.2 Å². The van der Waals surface area contributed by atoms with Crippen molar-refractivity contribution in [2.75, 3.05) is 32.9 Å². The molecule has 0 aliphatic carbocycles. The average Bonchev–Trinajstić information content (AvgIpc) is 2.60. The van der Waals surface area contributed by atoms with E-state index in [4.69, 9.17) is 4.74 Å². The zero-order valence-corrected chi connectivity index (χ0v) is 15.8. The SMILES string of the molecule is CC[C@H](CO)NC(=O)c1ccc(Br)c(S(=O)(=O)N2CCOCC2)c1. The highest BCUT2D eigenvalue weighted by molar-refractivity contribution is 9.10. The summed E-state index contributed by atoms with van der Waals surface area (Å²) < 4.78 is 32.5. The first-order valence-electron chi connectivity index (χ1n) is 7.69. The third-order valence-electron chi connectivity index (χ3n) is 3.83. The molecule has 24 heavy (non-hydrogen) atoms. The fourth-order valence-corrected chi connectivity index (χ4v) is 4.67. The molecule has 0 saturated carbocycles. The van der Waals surface area contributed by atoms with Gasteiger partial charge in [-0.2, -0.15) is 4.31 Å². The molecule has 2 rings (SSSR count). The average molecular weight is 421 g/mol. The fourth-order valence-electron chi connectivity index (χ4n) is 2.31. The van der Waals surface area contributed by atoms with Gasteiger partial charge in [-0.15, -0.1) is 0 Å². The second-order valence-electron chi connectivity index (χ2n) is 5.42. The number of hydrogen-bond donors (Lipinski definition) is 2. The smallest absolute Gasteiger partial charge is 0.251 e. The third-order valence-corrected chi connectivity index (χ3v) is 6.72. The van der Waals surface area contributed by atoms with Crippen LogP contribution in [-0.2, 0) is 14.8 Å². The molecule has 7 nitrogen and oxygen atoms in total. The zero-order chi connectivity index (χ0) is 17.7. The van der Waals surface area contributed by atoms with E-state index in [0.717, 1.165) is 0 Å². The van der Waals surface area contributed by atoms with E-state index in [1.54, 1.807) is 12.1 Å². The molecule has 2 N–H and O–H groups in total. The summed E-state index contributed by atoms with van der Waals surface area (Å²) in [4.78, 5) is 12.3. The largest absolute Gasteiger partial charge is 0.394 e. The van der Waals surface area contributed by atoms with E-state index in [2.05, 4.69) is 21.2 Å². The first kappa shape index (κ1) is 19.3. The van der Waals surface area contributed by atoms with Gasteiger partial charge in [0.2, 0.25) is 10.0 Å². The van der Waals surface area contributed by atoms with E-state index < -0.39 is 15.9 Å². The lowest BCUT2D eigenvalue weighted by atomic mass is 10.2. The summed E-state index contributed by atoms with van der Waals surface area (Å²) in [6, 6.07) is 4.08. The number of aliphatic hydroxyl groups is 1. The summed E-state index contributed by atoms with van der Waals surface area (Å²) in [5, 5.41) is 11.9. The molecular formula is C15H21BrN2O5S. The Bertz CT molecular complexity index is 685. The molecule has 1 aliphatic rings. The molecule has 0 radical (unpaired) electrons. The minimum atomic E-state index is -3.71. The van der Waals surface area contributed by atoms with Crippen LogP contribution in [-0.4, -0.2) is 62.7 Å². The highest BCUT2D eigenvalue weighted by Crippen LogP contribution is 2.27. The van der Waals surface area contributed by atoms with Gasteiger partial charge in [-0.05, 0) is 40.5 Å². The maximum absolute atomic E-state index is 12.8. The highest BCUT2D eigenvalue weighted by Gasteiger charge is 2.29. The summed E-state index contributed by atoms with van der Waals surface area (Å²) >= 11 is 3.25. The van der Waals surface area contributed by atoms with Gasteiger partial charge in [-0.3, -0.25) is 4.79 Å². The Hall–Kier alpha value is -1.00. The van der Waals surface area contributed by atoms with Crippen LogP contribution in [0.2, 0.25) is 0 Å². The second-order valence-corrected chi connectivity index (χ2v) is 8.18. The number of hydrogen-bond acceptors (Lipinski definition) is 5. The zero-order valence-electron chi connectivity index (χ0n) is 13.4. The summed E-state index contributed by atoms with van der Waals surface area (Å²) in [6.45, 7) is 2.95. The van der Waals surface area contributed by atoms with E-state index >= 15 is 0 Å². The van der Waals surface area contributed by atoms with E-state index in [1.165, 1.54) is 10.4 Å². The van der Waals surface area contributed by atoms with Crippen molar-refractivity contribution in [2.24, 2.45) is 0 Å². The predicted molar refractivity (Wildman–Crippen MR) is 92.4 cm³/mol. The van der Waals surface area contributed by atoms with Crippen LogP contribution < -0.4 is 5.32 Å². The second kappa shape index (κ2) is 8.39. The molecule has 0 aromatic heterocycles. The van der Waals surface area contributed by atoms with Crippen LogP contribution in [0.15, 0.2) is 27.6 Å². The van der Waals surface area contributed by atoms with Crippen molar-refractivity contribution in [1.82, 2.24) is 9.62 Å². The summed E-state index contributed by atoms with van der Waals surface area (Å²) in [5.41, 5.74) is 0.233. The molecule has 1 aromatic carbocycles. The lowest BCUT2D eigenvalue weighted by Crippen LogP contribution is -2.41. The van der Waals surface area contributed by atoms with Crippen LogP contribution in [0.1, 0.15) is 23.7 Å². The number of rotatable bonds is 6. The molecule has 1 aliphatic heterocycles. The van der Waals surface area contributed by atoms with Gasteiger partial charge in [0.25, 0.3) is 5.91 Å². The van der Waals surface area contributed by atoms with Crippen molar-refractivity contribution in [3.8, 4) is 0 Å². The lowest BCUT2D eigenvalue weighted by Gasteiger charge is -2.26. The molecule has 0 bridgehead atoms. The summed E-state index contributed by atoms with van der Waals surface area (Å²) in [7, 11) is -3.71. The Labute approximate surface area is 150 Å². The van der Waals surface area contributed by atoms with Crippen LogP contribution in [0.5, 0.6) is 0 Å². The number of ether oxygens (including phenoxy) is 1. The van der Waals surface area contributed by atoms with E-state index in [9.17, 15) is 18.3 Å². The monoisotopic (exact) mass is 420 g/mol. The third kappa shape index (κ3) is 4.34. The minimum Gasteiger partial charge on any atom is -0.394 e. The van der Waals surface area contributed by atoms with Crippen LogP contribution in [0.4, 0.5) is 0 Å². The van der Waals surface area contributed by atoms with E-state index in [-0.39, 0.29) is 36.2 Å². The van der Waals surface area contributed by atoms with Crippen molar-refractivity contribution in [1.29, 1.82) is 0 Å². The van der Waals surface area contributed by atoms with Gasteiger partial charge in [0.15, 0.2) is 0 Å². The van der Waals surface area contributed by atoms with Crippen LogP contribution in [0.25, 0.3) is 0 Å². The topological polar surface area (TPSA) is 95.9 Å². The summed E-state index contributed by atoms with van der Waals surface area (Å²) in [5.74, 6) is -0.415. The molecule has 1 saturated heterocycles. The number of carbonyl (C=O) groups excluding carboxylic acids is 1. The molecular weight excluding hydrogens is 400 g/mol. The number of nitrogens with zero attached hydrogens (tertiary/aromatic N) is 1. The molecule has 1 atom stereocenters. The first-order valence-corrected chi connectivity index (χ1v) is 9.92. The van der Waals surface area contributed by atoms with Crippen LogP contribution in [0, 0.1) is 0 Å². The molecule has 0 spiro atoms. The Balaban J connectivity index is 2.29. The van der Waals surface area contributed by atoms with Gasteiger partial charge in [0, 0.05) is 23.1 Å². The van der Waals surface area contributed by atoms with Crippen molar-refractivity contribution < 1.29 is 23.1 Å². The molecule has 9 heteroatoms. The molecule has 0 unspecified atom stereocenters. The van der Waals surface area contributed by atoms with E-state index in [0.29, 0.717) is 24.1 Å². The quantitative estimate of drug-likeness (QED) is 0.714. The normalized spacial score (nSPS) is 17.5. The number of benzene rings is 1. The maximum atomic E-state index is 12.8. The molecule has 134 valence electrons. The van der Waals surface area contributed by atoms with Crippen molar-refractivity contribution >= 4 is 31.9 Å². The number of sulfonamides is 1. The number of morpholine rings is 1. The predicted octanol–water partition coefficient (Wildman–Crippen LogP) is 0.971. The minimum absolute atomic E-state index is 0.0501. The number of aliphatic hydroxyl groups excluding tert-OH is 1. The first-order chi connectivity index (χ1) is 11.4. The van der Waals surface area contributed by atoms with Gasteiger partial charge in [-0.1, -0.05) is 6.92 Å². The molecule has 1 aromatic rings. The number of nitrogens with one attached hydrogen (secondary N) is 1. The Kier molecular flexibility index (Phi) is 6.76. The number of amides is 1. The van der Waals surface area contributed by atoms with Gasteiger partial charge in [-0.25, -0.2) is 8.42 Å². The lowest BCUT2D eigenvalue weighted by molar-refractivity contribution is 0.0730. The van der Waals surface area contributed by atoms with E-state index in [1.807, 2.05) is 6.92 Å². The van der Waals surface area contributed by atoms with Gasteiger partial charge >= 0.3 is 0 Å². The molecule has 1 fully saturated rings. The standard InChI is InChI=1S/C15H21BrN2O5S/c1-2-12(10-19)17-15(20)11-3-4-13(16)14(9-11)24(21,22)18-5-7-23-8-6-18/h3-4,9,12,19H,2,5-8,10H2,1H3,(H,17,20)/t12-/m1/s1. The van der Waals surface area contributed by atoms with Crippen LogP contribution >= 0.6 is 15.9 Å². The Morgan fingerprint density at radius 2 is 2.08 bits per heavy atom. The fraction of sp³-hybridized carbons (Fsp3) is 0.533. The summed E-state index contributed by atoms with van der Waals surface area (Å²) in [6.07, 6.45) is 0.581. The Morgan fingerprint density at radius 1 is 1.42 bits per heavy atom. The van der Waals surface area contributed by atoms with Crippen LogP contribution in [0.3, 0.4) is 0 Å².